The van der Waals surface area contributed by atoms with Gasteiger partial charge in [-0.3, -0.25) is 0 Å². The van der Waals surface area contributed by atoms with E-state index in [-0.39, 0.29) is 0 Å². The summed E-state index contributed by atoms with van der Waals surface area (Å²) in [4.78, 5) is 0. The van der Waals surface area contributed by atoms with Crippen molar-refractivity contribution >= 4 is 0 Å². The van der Waals surface area contributed by atoms with Crippen LogP contribution < -0.4 is 5.73 Å². The third kappa shape index (κ3) is 2.36. The molecule has 2 nitrogen and oxygen atoms in total. The fraction of sp³-hybridized carbons (Fsp3) is 0.455. The molecule has 0 spiro atoms. The highest BCUT2D eigenvalue weighted by Crippen LogP contribution is 2.32. The van der Waals surface area contributed by atoms with Gasteiger partial charge in [0.05, 0.1) is 12.1 Å². The second kappa shape index (κ2) is 4.07. The highest BCUT2D eigenvalue weighted by molar-refractivity contribution is 5.36. The molecular weight excluding hydrogens is 219 g/mol. The Balaban J connectivity index is 2.02. The lowest BCUT2D eigenvalue weighted by molar-refractivity contribution is -0.186. The summed E-state index contributed by atoms with van der Waals surface area (Å²) in [6.45, 7) is -1.24. The van der Waals surface area contributed by atoms with Crippen LogP contribution in [0.4, 0.5) is 13.2 Å². The molecule has 2 N–H and O–H groups in total. The van der Waals surface area contributed by atoms with E-state index in [1.54, 1.807) is 0 Å². The number of fused-ring (bicyclic) bond motifs is 1. The molecule has 2 unspecified atom stereocenters. The minimum atomic E-state index is -4.30. The molecule has 0 aromatic heterocycles. The monoisotopic (exact) mass is 231 g/mol. The lowest BCUT2D eigenvalue weighted by Gasteiger charge is -2.18. The molecule has 0 aliphatic heterocycles. The summed E-state index contributed by atoms with van der Waals surface area (Å²) in [5.41, 5.74) is 7.69. The average Bonchev–Trinajstić information content (AvgIpc) is 2.53. The Bertz CT molecular complexity index is 378. The van der Waals surface area contributed by atoms with E-state index >= 15 is 0 Å². The lowest BCUT2D eigenvalue weighted by atomic mass is 10.1. The van der Waals surface area contributed by atoms with Crippen molar-refractivity contribution in [3.8, 4) is 0 Å². The Morgan fingerprint density at radius 3 is 2.62 bits per heavy atom. The fourth-order valence-corrected chi connectivity index (χ4v) is 1.95. The minimum absolute atomic E-state index is 0.452. The van der Waals surface area contributed by atoms with Crippen LogP contribution >= 0.6 is 0 Å². The van der Waals surface area contributed by atoms with Crippen LogP contribution in [0.25, 0.3) is 0 Å². The van der Waals surface area contributed by atoms with Gasteiger partial charge in [0.15, 0.2) is 0 Å². The van der Waals surface area contributed by atoms with Gasteiger partial charge in [0.1, 0.15) is 6.61 Å². The molecule has 0 saturated heterocycles. The van der Waals surface area contributed by atoms with Crippen LogP contribution in [0.5, 0.6) is 0 Å². The minimum Gasteiger partial charge on any atom is -0.366 e. The molecule has 1 aliphatic rings. The Kier molecular flexibility index (Phi) is 2.90. The molecule has 2 atom stereocenters. The summed E-state index contributed by atoms with van der Waals surface area (Å²) in [5.74, 6) is 0. The Hall–Kier alpha value is -1.07. The van der Waals surface area contributed by atoms with Crippen molar-refractivity contribution in [2.45, 2.75) is 24.7 Å². The molecule has 5 heteroatoms. The van der Waals surface area contributed by atoms with E-state index in [9.17, 15) is 13.2 Å². The van der Waals surface area contributed by atoms with E-state index in [1.807, 2.05) is 24.3 Å². The average molecular weight is 231 g/mol. The van der Waals surface area contributed by atoms with Crippen LogP contribution in [0.1, 0.15) is 17.2 Å². The molecule has 1 aromatic carbocycles. The third-order valence-electron chi connectivity index (χ3n) is 2.70. The van der Waals surface area contributed by atoms with Crippen molar-refractivity contribution in [3.05, 3.63) is 35.4 Å². The molecule has 0 amide bonds. The van der Waals surface area contributed by atoms with Gasteiger partial charge in [-0.1, -0.05) is 24.3 Å². The molecule has 0 saturated carbocycles. The first-order chi connectivity index (χ1) is 7.47. The molecule has 16 heavy (non-hydrogen) atoms. The van der Waals surface area contributed by atoms with Crippen LogP contribution in [0.3, 0.4) is 0 Å². The SMILES string of the molecule is NC1c2ccccc2CC1OCC(F)(F)F. The quantitative estimate of drug-likeness (QED) is 0.846. The highest BCUT2D eigenvalue weighted by atomic mass is 19.4. The Morgan fingerprint density at radius 1 is 1.31 bits per heavy atom. The van der Waals surface area contributed by atoms with Crippen LogP contribution in [0.2, 0.25) is 0 Å². The second-order valence-corrected chi connectivity index (χ2v) is 3.89. The normalized spacial score (nSPS) is 24.5. The molecule has 1 aliphatic carbocycles. The summed E-state index contributed by atoms with van der Waals surface area (Å²) in [6.07, 6.45) is -4.42. The molecule has 0 bridgehead atoms. The van der Waals surface area contributed by atoms with Gasteiger partial charge in [0.2, 0.25) is 0 Å². The summed E-state index contributed by atoms with van der Waals surface area (Å²) >= 11 is 0. The van der Waals surface area contributed by atoms with E-state index < -0.39 is 24.9 Å². The van der Waals surface area contributed by atoms with Crippen molar-refractivity contribution in [3.63, 3.8) is 0 Å². The Morgan fingerprint density at radius 2 is 2.00 bits per heavy atom. The number of alkyl halides is 3. The maximum absolute atomic E-state index is 12.0. The molecule has 0 radical (unpaired) electrons. The number of hydrogen-bond donors (Lipinski definition) is 1. The second-order valence-electron chi connectivity index (χ2n) is 3.89. The van der Waals surface area contributed by atoms with Crippen LogP contribution in [0.15, 0.2) is 24.3 Å². The van der Waals surface area contributed by atoms with E-state index in [0.29, 0.717) is 6.42 Å². The van der Waals surface area contributed by atoms with Gasteiger partial charge in [0.25, 0.3) is 0 Å². The first kappa shape index (κ1) is 11.4. The standard InChI is InChI=1S/C11H12F3NO/c12-11(13,14)6-16-9-5-7-3-1-2-4-8(7)10(9)15/h1-4,9-10H,5-6,15H2. The number of benzene rings is 1. The smallest absolute Gasteiger partial charge is 0.366 e. The van der Waals surface area contributed by atoms with Gasteiger partial charge in [-0.25, -0.2) is 0 Å². The molecule has 1 aromatic rings. The predicted octanol–water partition coefficient (Wildman–Crippen LogP) is 2.19. The zero-order valence-electron chi connectivity index (χ0n) is 8.50. The lowest BCUT2D eigenvalue weighted by Crippen LogP contribution is -2.29. The zero-order chi connectivity index (χ0) is 11.8. The largest absolute Gasteiger partial charge is 0.411 e. The summed E-state index contributed by atoms with van der Waals surface area (Å²) in [7, 11) is 0. The fourth-order valence-electron chi connectivity index (χ4n) is 1.95. The van der Waals surface area contributed by atoms with Crippen molar-refractivity contribution in [2.75, 3.05) is 6.61 Å². The molecule has 0 heterocycles. The van der Waals surface area contributed by atoms with Gasteiger partial charge in [0, 0.05) is 6.42 Å². The number of halogens is 3. The zero-order valence-corrected chi connectivity index (χ0v) is 8.50. The van der Waals surface area contributed by atoms with Gasteiger partial charge < -0.3 is 10.5 Å². The van der Waals surface area contributed by atoms with Crippen molar-refractivity contribution in [2.24, 2.45) is 5.73 Å². The topological polar surface area (TPSA) is 35.2 Å². The van der Waals surface area contributed by atoms with Gasteiger partial charge in [-0.15, -0.1) is 0 Å². The highest BCUT2D eigenvalue weighted by Gasteiger charge is 2.34. The van der Waals surface area contributed by atoms with Crippen molar-refractivity contribution < 1.29 is 17.9 Å². The third-order valence-corrected chi connectivity index (χ3v) is 2.70. The first-order valence-electron chi connectivity index (χ1n) is 4.99. The van der Waals surface area contributed by atoms with Gasteiger partial charge in [-0.05, 0) is 11.1 Å². The van der Waals surface area contributed by atoms with E-state index in [2.05, 4.69) is 0 Å². The molecule has 0 fully saturated rings. The summed E-state index contributed by atoms with van der Waals surface area (Å²) in [6, 6.07) is 6.91. The number of rotatable bonds is 2. The van der Waals surface area contributed by atoms with Crippen LogP contribution in [-0.4, -0.2) is 18.9 Å². The molecular formula is C11H12F3NO. The van der Waals surface area contributed by atoms with Crippen LogP contribution in [-0.2, 0) is 11.2 Å². The molecule has 2 rings (SSSR count). The number of nitrogens with two attached hydrogens (primary N) is 1. The van der Waals surface area contributed by atoms with Crippen molar-refractivity contribution in [1.82, 2.24) is 0 Å². The van der Waals surface area contributed by atoms with E-state index in [4.69, 9.17) is 10.5 Å². The molecule has 88 valence electrons. The van der Waals surface area contributed by atoms with E-state index in [1.165, 1.54) is 0 Å². The maximum atomic E-state index is 12.0. The predicted molar refractivity (Wildman–Crippen MR) is 52.9 cm³/mol. The summed E-state index contributed by atoms with van der Waals surface area (Å²) < 4.78 is 40.8. The van der Waals surface area contributed by atoms with Gasteiger partial charge >= 0.3 is 6.18 Å². The maximum Gasteiger partial charge on any atom is 0.411 e. The van der Waals surface area contributed by atoms with Gasteiger partial charge in [-0.2, -0.15) is 13.2 Å². The number of hydrogen-bond acceptors (Lipinski definition) is 2. The Labute approximate surface area is 91.2 Å². The first-order valence-corrected chi connectivity index (χ1v) is 4.99. The number of ether oxygens (including phenoxy) is 1. The summed E-state index contributed by atoms with van der Waals surface area (Å²) in [5, 5.41) is 0. The van der Waals surface area contributed by atoms with Crippen LogP contribution in [0, 0.1) is 0 Å². The van der Waals surface area contributed by atoms with Crippen molar-refractivity contribution in [1.29, 1.82) is 0 Å². The van der Waals surface area contributed by atoms with E-state index in [0.717, 1.165) is 11.1 Å².